The van der Waals surface area contributed by atoms with Gasteiger partial charge < -0.3 is 9.84 Å². The predicted molar refractivity (Wildman–Crippen MR) is 83.7 cm³/mol. The van der Waals surface area contributed by atoms with Crippen molar-refractivity contribution in [2.75, 3.05) is 0 Å². The number of aromatic carboxylic acids is 1. The van der Waals surface area contributed by atoms with Gasteiger partial charge >= 0.3 is 5.97 Å². The van der Waals surface area contributed by atoms with Crippen LogP contribution >= 0.6 is 0 Å². The van der Waals surface area contributed by atoms with Crippen LogP contribution in [0.15, 0.2) is 36.5 Å². The molecule has 0 radical (unpaired) electrons. The van der Waals surface area contributed by atoms with E-state index in [2.05, 4.69) is 17.1 Å². The number of hydrogen-bond donors (Lipinski definition) is 1. The van der Waals surface area contributed by atoms with E-state index in [0.29, 0.717) is 17.4 Å². The first kappa shape index (κ1) is 14.6. The van der Waals surface area contributed by atoms with Gasteiger partial charge in [0.05, 0.1) is 5.56 Å². The maximum Gasteiger partial charge on any atom is 0.337 e. The minimum atomic E-state index is -0.983. The number of carboxylic acid groups (broad SMARTS) is 1. The lowest BCUT2D eigenvalue weighted by Gasteiger charge is -2.11. The van der Waals surface area contributed by atoms with E-state index >= 15 is 0 Å². The van der Waals surface area contributed by atoms with Crippen LogP contribution in [-0.2, 0) is 0 Å². The van der Waals surface area contributed by atoms with E-state index in [1.54, 1.807) is 13.0 Å². The number of hydrogen-bond acceptors (Lipinski definition) is 3. The van der Waals surface area contributed by atoms with E-state index in [4.69, 9.17) is 9.84 Å². The molecule has 4 nitrogen and oxygen atoms in total. The van der Waals surface area contributed by atoms with Gasteiger partial charge in [-0.05, 0) is 49.4 Å². The number of carboxylic acids is 1. The van der Waals surface area contributed by atoms with Gasteiger partial charge in [0.1, 0.15) is 5.75 Å². The molecule has 3 rings (SSSR count). The first-order valence-corrected chi connectivity index (χ1v) is 7.61. The summed E-state index contributed by atoms with van der Waals surface area (Å²) in [5.74, 6) is 0.867. The summed E-state index contributed by atoms with van der Waals surface area (Å²) in [6.07, 6.45) is 6.51. The zero-order chi connectivity index (χ0) is 15.5. The molecule has 1 fully saturated rings. The summed E-state index contributed by atoms with van der Waals surface area (Å²) >= 11 is 0. The van der Waals surface area contributed by atoms with E-state index in [1.165, 1.54) is 37.4 Å². The fraction of sp³-hybridized carbons (Fsp3) is 0.333. The van der Waals surface area contributed by atoms with Crippen LogP contribution < -0.4 is 4.74 Å². The number of rotatable bonds is 4. The molecule has 1 aromatic heterocycles. The minimum Gasteiger partial charge on any atom is -0.478 e. The highest BCUT2D eigenvalue weighted by Crippen LogP contribution is 2.35. The summed E-state index contributed by atoms with van der Waals surface area (Å²) in [5, 5.41) is 8.94. The fourth-order valence-electron chi connectivity index (χ4n) is 2.96. The predicted octanol–water partition coefficient (Wildman–Crippen LogP) is 4.54. The normalized spacial score (nSPS) is 15.0. The van der Waals surface area contributed by atoms with Crippen LogP contribution in [0.3, 0.4) is 0 Å². The van der Waals surface area contributed by atoms with Crippen LogP contribution in [0.5, 0.6) is 11.6 Å². The molecule has 22 heavy (non-hydrogen) atoms. The summed E-state index contributed by atoms with van der Waals surface area (Å²) < 4.78 is 5.76. The van der Waals surface area contributed by atoms with Crippen LogP contribution in [0.25, 0.3) is 0 Å². The second-order valence-electron chi connectivity index (χ2n) is 5.80. The van der Waals surface area contributed by atoms with Gasteiger partial charge in [-0.1, -0.05) is 25.0 Å². The number of carbonyl (C=O) groups is 1. The second-order valence-corrected chi connectivity index (χ2v) is 5.80. The first-order chi connectivity index (χ1) is 10.6. The topological polar surface area (TPSA) is 59.4 Å². The van der Waals surface area contributed by atoms with Crippen molar-refractivity contribution >= 4 is 5.97 Å². The Morgan fingerprint density at radius 1 is 1.23 bits per heavy atom. The molecule has 1 aromatic carbocycles. The summed E-state index contributed by atoms with van der Waals surface area (Å²) in [7, 11) is 0. The molecule has 0 bridgehead atoms. The van der Waals surface area contributed by atoms with Crippen LogP contribution in [0.2, 0.25) is 0 Å². The molecular weight excluding hydrogens is 278 g/mol. The van der Waals surface area contributed by atoms with E-state index in [0.717, 1.165) is 5.75 Å². The number of nitrogens with zero attached hydrogens (tertiary/aromatic N) is 1. The maximum atomic E-state index is 10.9. The molecule has 1 saturated carbocycles. The third kappa shape index (κ3) is 3.11. The van der Waals surface area contributed by atoms with Crippen molar-refractivity contribution in [2.24, 2.45) is 0 Å². The van der Waals surface area contributed by atoms with Crippen molar-refractivity contribution in [1.82, 2.24) is 4.98 Å². The minimum absolute atomic E-state index is 0.168. The van der Waals surface area contributed by atoms with Crippen LogP contribution in [0.4, 0.5) is 0 Å². The van der Waals surface area contributed by atoms with Gasteiger partial charge in [0.15, 0.2) is 0 Å². The Morgan fingerprint density at radius 3 is 2.50 bits per heavy atom. The highest BCUT2D eigenvalue weighted by molar-refractivity contribution is 5.87. The number of aryl methyl sites for hydroxylation is 1. The molecule has 0 aliphatic heterocycles. The monoisotopic (exact) mass is 297 g/mol. The smallest absolute Gasteiger partial charge is 0.337 e. The van der Waals surface area contributed by atoms with Gasteiger partial charge in [-0.2, -0.15) is 0 Å². The summed E-state index contributed by atoms with van der Waals surface area (Å²) in [4.78, 5) is 15.0. The van der Waals surface area contributed by atoms with Gasteiger partial charge in [-0.3, -0.25) is 0 Å². The maximum absolute atomic E-state index is 10.9. The molecule has 1 aliphatic carbocycles. The van der Waals surface area contributed by atoms with Crippen molar-refractivity contribution in [3.8, 4) is 11.6 Å². The van der Waals surface area contributed by atoms with Gasteiger partial charge in [-0.15, -0.1) is 0 Å². The average Bonchev–Trinajstić information content (AvgIpc) is 3.04. The van der Waals surface area contributed by atoms with Crippen LogP contribution in [0.1, 0.15) is 53.1 Å². The largest absolute Gasteiger partial charge is 0.478 e. The number of aromatic nitrogens is 1. The molecule has 0 atom stereocenters. The fourth-order valence-corrected chi connectivity index (χ4v) is 2.96. The summed E-state index contributed by atoms with van der Waals surface area (Å²) in [6.45, 7) is 1.79. The van der Waals surface area contributed by atoms with Gasteiger partial charge in [0, 0.05) is 11.8 Å². The summed E-state index contributed by atoms with van der Waals surface area (Å²) in [5.41, 5.74) is 2.25. The zero-order valence-corrected chi connectivity index (χ0v) is 12.6. The molecule has 0 saturated heterocycles. The molecule has 2 aromatic rings. The van der Waals surface area contributed by atoms with E-state index < -0.39 is 5.97 Å². The quantitative estimate of drug-likeness (QED) is 0.900. The molecule has 1 heterocycles. The number of ether oxygens (including phenoxy) is 1. The number of pyridine rings is 1. The Kier molecular flexibility index (Phi) is 4.09. The van der Waals surface area contributed by atoms with Crippen molar-refractivity contribution < 1.29 is 14.6 Å². The summed E-state index contributed by atoms with van der Waals surface area (Å²) in [6, 6.07) is 9.72. The Balaban J connectivity index is 1.74. The van der Waals surface area contributed by atoms with Crippen LogP contribution in [-0.4, -0.2) is 16.1 Å². The Labute approximate surface area is 129 Å². The lowest BCUT2D eigenvalue weighted by atomic mass is 9.98. The molecular formula is C18H19NO3. The van der Waals surface area contributed by atoms with Crippen molar-refractivity contribution in [1.29, 1.82) is 0 Å². The van der Waals surface area contributed by atoms with E-state index in [-0.39, 0.29) is 5.56 Å². The molecule has 4 heteroatoms. The lowest BCUT2D eigenvalue weighted by molar-refractivity contribution is 0.0696. The molecule has 0 amide bonds. The number of benzene rings is 1. The first-order valence-electron chi connectivity index (χ1n) is 7.61. The zero-order valence-electron chi connectivity index (χ0n) is 12.6. The SMILES string of the molecule is Cc1cc(C(=O)O)cnc1Oc1ccc(C2CCCC2)cc1. The second kappa shape index (κ2) is 6.18. The Morgan fingerprint density at radius 2 is 1.91 bits per heavy atom. The molecule has 114 valence electrons. The third-order valence-corrected chi connectivity index (χ3v) is 4.20. The highest BCUT2D eigenvalue weighted by atomic mass is 16.5. The highest BCUT2D eigenvalue weighted by Gasteiger charge is 2.17. The van der Waals surface area contributed by atoms with E-state index in [1.807, 2.05) is 12.1 Å². The standard InChI is InChI=1S/C18H19NO3/c1-12-10-15(18(20)21)11-19-17(12)22-16-8-6-14(7-9-16)13-4-2-3-5-13/h6-11,13H,2-5H2,1H3,(H,20,21). The van der Waals surface area contributed by atoms with Gasteiger partial charge in [0.25, 0.3) is 0 Å². The Hall–Kier alpha value is -2.36. The molecule has 1 N–H and O–H groups in total. The molecule has 1 aliphatic rings. The Bertz CT molecular complexity index is 673. The van der Waals surface area contributed by atoms with E-state index in [9.17, 15) is 4.79 Å². The average molecular weight is 297 g/mol. The van der Waals surface area contributed by atoms with Crippen molar-refractivity contribution in [2.45, 2.75) is 38.5 Å². The van der Waals surface area contributed by atoms with Crippen molar-refractivity contribution in [3.05, 3.63) is 53.2 Å². The lowest BCUT2D eigenvalue weighted by Crippen LogP contribution is -2.00. The van der Waals surface area contributed by atoms with Crippen molar-refractivity contribution in [3.63, 3.8) is 0 Å². The van der Waals surface area contributed by atoms with Crippen LogP contribution in [0, 0.1) is 6.92 Å². The molecule has 0 spiro atoms. The third-order valence-electron chi connectivity index (χ3n) is 4.20. The molecule has 0 unspecified atom stereocenters. The van der Waals surface area contributed by atoms with Gasteiger partial charge in [0.2, 0.25) is 5.88 Å². The van der Waals surface area contributed by atoms with Gasteiger partial charge in [-0.25, -0.2) is 9.78 Å².